The third-order valence-corrected chi connectivity index (χ3v) is 6.53. The van der Waals surface area contributed by atoms with Gasteiger partial charge >= 0.3 is 5.97 Å². The zero-order valence-electron chi connectivity index (χ0n) is 14.9. The molecule has 2 aliphatic rings. The van der Waals surface area contributed by atoms with E-state index in [1.807, 2.05) is 0 Å². The summed E-state index contributed by atoms with van der Waals surface area (Å²) in [4.78, 5) is 23.2. The highest BCUT2D eigenvalue weighted by Gasteiger charge is 2.34. The number of nitrogens with two attached hydrogens (primary N) is 1. The van der Waals surface area contributed by atoms with Crippen molar-refractivity contribution in [1.29, 1.82) is 0 Å². The molecule has 1 aromatic rings. The van der Waals surface area contributed by atoms with E-state index in [-0.39, 0.29) is 18.0 Å². The van der Waals surface area contributed by atoms with Crippen molar-refractivity contribution in [3.63, 3.8) is 0 Å². The van der Waals surface area contributed by atoms with Gasteiger partial charge in [0.15, 0.2) is 17.6 Å². The van der Waals surface area contributed by atoms with Crippen molar-refractivity contribution in [2.24, 2.45) is 11.7 Å². The van der Waals surface area contributed by atoms with Gasteiger partial charge in [-0.3, -0.25) is 9.59 Å². The van der Waals surface area contributed by atoms with Gasteiger partial charge in [0.2, 0.25) is 10.0 Å². The number of fused-ring (bicyclic) bond motifs is 1. The average molecular weight is 398 g/mol. The predicted molar refractivity (Wildman–Crippen MR) is 93.7 cm³/mol. The molecule has 3 rings (SSSR count). The van der Waals surface area contributed by atoms with Gasteiger partial charge in [-0.05, 0) is 31.9 Å². The molecule has 27 heavy (non-hydrogen) atoms. The number of sulfonamides is 1. The summed E-state index contributed by atoms with van der Waals surface area (Å²) in [7, 11) is -3.71. The SMILES string of the molecule is CC(OC(=O)C1CCN(S(=O)(=O)c2ccc3c(c2)OCCO3)CC1)C(N)=O. The first-order valence-electron chi connectivity index (χ1n) is 8.68. The van der Waals surface area contributed by atoms with Crippen molar-refractivity contribution in [3.05, 3.63) is 18.2 Å². The zero-order chi connectivity index (χ0) is 19.6. The maximum absolute atomic E-state index is 12.9. The van der Waals surface area contributed by atoms with Crippen molar-refractivity contribution < 1.29 is 32.2 Å². The first-order chi connectivity index (χ1) is 12.8. The molecule has 0 aliphatic carbocycles. The molecular weight excluding hydrogens is 376 g/mol. The average Bonchev–Trinajstić information content (AvgIpc) is 2.67. The van der Waals surface area contributed by atoms with Crippen molar-refractivity contribution in [1.82, 2.24) is 4.31 Å². The topological polar surface area (TPSA) is 125 Å². The minimum atomic E-state index is -3.71. The van der Waals surface area contributed by atoms with Crippen LogP contribution < -0.4 is 15.2 Å². The Kier molecular flexibility index (Phi) is 5.56. The van der Waals surface area contributed by atoms with Gasteiger partial charge in [-0.15, -0.1) is 0 Å². The summed E-state index contributed by atoms with van der Waals surface area (Å²) in [6, 6.07) is 4.52. The van der Waals surface area contributed by atoms with Gasteiger partial charge in [-0.25, -0.2) is 8.42 Å². The Morgan fingerprint density at radius 1 is 1.19 bits per heavy atom. The van der Waals surface area contributed by atoms with Crippen LogP contribution in [0.4, 0.5) is 0 Å². The number of hydrogen-bond donors (Lipinski definition) is 1. The van der Waals surface area contributed by atoms with E-state index in [0.29, 0.717) is 37.6 Å². The molecule has 0 aromatic heterocycles. The lowest BCUT2D eigenvalue weighted by Crippen LogP contribution is -2.41. The quantitative estimate of drug-likeness (QED) is 0.706. The second-order valence-corrected chi connectivity index (χ2v) is 8.40. The predicted octanol–water partition coefficient (Wildman–Crippen LogP) is 0.276. The van der Waals surface area contributed by atoms with E-state index < -0.39 is 33.9 Å². The maximum Gasteiger partial charge on any atom is 0.309 e. The lowest BCUT2D eigenvalue weighted by molar-refractivity contribution is -0.159. The Balaban J connectivity index is 1.65. The van der Waals surface area contributed by atoms with E-state index in [4.69, 9.17) is 19.9 Å². The van der Waals surface area contributed by atoms with Crippen LogP contribution in [0.1, 0.15) is 19.8 Å². The first-order valence-corrected chi connectivity index (χ1v) is 10.1. The van der Waals surface area contributed by atoms with Crippen LogP contribution in [0.15, 0.2) is 23.1 Å². The number of piperidine rings is 1. The molecule has 0 spiro atoms. The molecule has 2 aliphatic heterocycles. The summed E-state index contributed by atoms with van der Waals surface area (Å²) in [6.45, 7) is 2.56. The molecule has 0 radical (unpaired) electrons. The van der Waals surface area contributed by atoms with Crippen molar-refractivity contribution >= 4 is 21.9 Å². The van der Waals surface area contributed by atoms with Crippen LogP contribution in [-0.2, 0) is 24.3 Å². The largest absolute Gasteiger partial charge is 0.486 e. The maximum atomic E-state index is 12.9. The Bertz CT molecular complexity index is 832. The van der Waals surface area contributed by atoms with Crippen LogP contribution in [0.3, 0.4) is 0 Å². The number of primary amides is 1. The standard InChI is InChI=1S/C17H22N2O7S/c1-11(16(18)20)26-17(21)12-4-6-19(7-5-12)27(22,23)13-2-3-14-15(10-13)25-9-8-24-14/h2-3,10-12H,4-9H2,1H3,(H2,18,20). The normalized spacial score (nSPS) is 19.3. The number of rotatable bonds is 5. The minimum Gasteiger partial charge on any atom is -0.486 e. The summed E-state index contributed by atoms with van der Waals surface area (Å²) >= 11 is 0. The summed E-state index contributed by atoms with van der Waals surface area (Å²) in [5.41, 5.74) is 5.08. The molecule has 0 bridgehead atoms. The molecule has 1 aromatic carbocycles. The Labute approximate surface area is 157 Å². The zero-order valence-corrected chi connectivity index (χ0v) is 15.7. The van der Waals surface area contributed by atoms with Gasteiger partial charge in [0.1, 0.15) is 13.2 Å². The van der Waals surface area contributed by atoms with E-state index >= 15 is 0 Å². The number of carbonyl (C=O) groups is 2. The molecule has 2 heterocycles. The van der Waals surface area contributed by atoms with Gasteiger partial charge < -0.3 is 19.9 Å². The molecule has 9 nitrogen and oxygen atoms in total. The van der Waals surface area contributed by atoms with Crippen LogP contribution in [0.2, 0.25) is 0 Å². The van der Waals surface area contributed by atoms with Crippen molar-refractivity contribution in [2.75, 3.05) is 26.3 Å². The molecular formula is C17H22N2O7S. The highest BCUT2D eigenvalue weighted by atomic mass is 32.2. The smallest absolute Gasteiger partial charge is 0.309 e. The fourth-order valence-corrected chi connectivity index (χ4v) is 4.48. The number of amides is 1. The number of benzene rings is 1. The summed E-state index contributed by atoms with van der Waals surface area (Å²) < 4.78 is 42.9. The number of nitrogens with zero attached hydrogens (tertiary/aromatic N) is 1. The Morgan fingerprint density at radius 2 is 1.81 bits per heavy atom. The highest BCUT2D eigenvalue weighted by Crippen LogP contribution is 2.34. The van der Waals surface area contributed by atoms with Gasteiger partial charge in [0.25, 0.3) is 5.91 Å². The van der Waals surface area contributed by atoms with E-state index in [1.165, 1.54) is 23.4 Å². The Morgan fingerprint density at radius 3 is 2.44 bits per heavy atom. The van der Waals surface area contributed by atoms with Crippen LogP contribution >= 0.6 is 0 Å². The van der Waals surface area contributed by atoms with Gasteiger partial charge in [-0.2, -0.15) is 4.31 Å². The van der Waals surface area contributed by atoms with Crippen LogP contribution in [0.5, 0.6) is 11.5 Å². The molecule has 10 heteroatoms. The molecule has 1 atom stereocenters. The highest BCUT2D eigenvalue weighted by molar-refractivity contribution is 7.89. The summed E-state index contributed by atoms with van der Waals surface area (Å²) in [5.74, 6) is -0.787. The van der Waals surface area contributed by atoms with Gasteiger partial charge in [-0.1, -0.05) is 0 Å². The monoisotopic (exact) mass is 398 g/mol. The van der Waals surface area contributed by atoms with Crippen LogP contribution in [0, 0.1) is 5.92 Å². The fraction of sp³-hybridized carbons (Fsp3) is 0.529. The summed E-state index contributed by atoms with van der Waals surface area (Å²) in [5, 5.41) is 0. The summed E-state index contributed by atoms with van der Waals surface area (Å²) in [6.07, 6.45) is -0.376. The molecule has 1 fully saturated rings. The van der Waals surface area contributed by atoms with Crippen molar-refractivity contribution in [3.8, 4) is 11.5 Å². The second kappa shape index (κ2) is 7.73. The van der Waals surface area contributed by atoms with E-state index in [1.54, 1.807) is 6.07 Å². The third kappa shape index (κ3) is 4.16. The lowest BCUT2D eigenvalue weighted by Gasteiger charge is -2.30. The van der Waals surface area contributed by atoms with E-state index in [0.717, 1.165) is 0 Å². The van der Waals surface area contributed by atoms with Crippen LogP contribution in [0.25, 0.3) is 0 Å². The first kappa shape index (κ1) is 19.4. The van der Waals surface area contributed by atoms with Crippen molar-refractivity contribution in [2.45, 2.75) is 30.8 Å². The third-order valence-electron chi connectivity index (χ3n) is 4.63. The number of esters is 1. The second-order valence-electron chi connectivity index (χ2n) is 6.47. The van der Waals surface area contributed by atoms with Gasteiger partial charge in [0, 0.05) is 19.2 Å². The molecule has 1 unspecified atom stereocenters. The number of carbonyl (C=O) groups excluding carboxylic acids is 2. The molecule has 1 amide bonds. The van der Waals surface area contributed by atoms with E-state index in [2.05, 4.69) is 0 Å². The van der Waals surface area contributed by atoms with Crippen LogP contribution in [-0.4, -0.2) is 57.0 Å². The minimum absolute atomic E-state index is 0.120. The van der Waals surface area contributed by atoms with E-state index in [9.17, 15) is 18.0 Å². The molecule has 148 valence electrons. The fourth-order valence-electron chi connectivity index (χ4n) is 2.99. The Hall–Kier alpha value is -2.33. The lowest BCUT2D eigenvalue weighted by atomic mass is 9.98. The number of ether oxygens (including phenoxy) is 3. The molecule has 2 N–H and O–H groups in total. The van der Waals surface area contributed by atoms with Gasteiger partial charge in [0.05, 0.1) is 10.8 Å². The molecule has 0 saturated carbocycles. The molecule has 1 saturated heterocycles. The number of hydrogen-bond acceptors (Lipinski definition) is 7.